The quantitative estimate of drug-likeness (QED) is 0.260. The van der Waals surface area contributed by atoms with E-state index in [1.165, 1.54) is 15.2 Å². The average Bonchev–Trinajstić information content (AvgIpc) is 3.33. The maximum absolute atomic E-state index is 12.7. The third kappa shape index (κ3) is 3.87. The number of alkyl halides is 2. The van der Waals surface area contributed by atoms with Crippen molar-refractivity contribution in [1.82, 2.24) is 29.7 Å². The summed E-state index contributed by atoms with van der Waals surface area (Å²) < 4.78 is 4.20. The van der Waals surface area contributed by atoms with Crippen LogP contribution in [0.4, 0.5) is 17.5 Å². The van der Waals surface area contributed by atoms with Crippen LogP contribution in [0.2, 0.25) is 0 Å². The third-order valence-corrected chi connectivity index (χ3v) is 7.87. The monoisotopic (exact) mass is 529 g/mol. The van der Waals surface area contributed by atoms with Crippen molar-refractivity contribution in [2.24, 2.45) is 7.05 Å². The van der Waals surface area contributed by atoms with Crippen molar-refractivity contribution in [3.63, 3.8) is 0 Å². The number of rotatable bonds is 4. The Labute approximate surface area is 189 Å². The Hall–Kier alpha value is -3.02. The van der Waals surface area contributed by atoms with Crippen LogP contribution < -0.4 is 37.0 Å². The van der Waals surface area contributed by atoms with Crippen molar-refractivity contribution in [3.05, 3.63) is 52.7 Å². The van der Waals surface area contributed by atoms with E-state index in [2.05, 4.69) is 30.4 Å². The van der Waals surface area contributed by atoms with Gasteiger partial charge in [-0.1, -0.05) is 0 Å². The molecule has 0 amide bonds. The van der Waals surface area contributed by atoms with E-state index in [1.807, 2.05) is 37.4 Å². The number of H-pyrrole nitrogens is 1. The van der Waals surface area contributed by atoms with E-state index in [0.717, 1.165) is 47.0 Å². The molecule has 0 bridgehead atoms. The summed E-state index contributed by atoms with van der Waals surface area (Å²) in [4.78, 5) is 28.5. The first-order chi connectivity index (χ1) is 15.1. The van der Waals surface area contributed by atoms with Crippen LogP contribution in [0.1, 0.15) is 5.56 Å². The number of aryl methyl sites for hydroxylation is 2. The third-order valence-electron chi connectivity index (χ3n) is 5.37. The Morgan fingerprint density at radius 2 is 2.00 bits per heavy atom. The second-order valence-electron chi connectivity index (χ2n) is 7.41. The predicted octanol–water partition coefficient (Wildman–Crippen LogP) is -0.925. The number of fused-ring (bicyclic) bond motifs is 1. The Morgan fingerprint density at radius 1 is 1.16 bits per heavy atom. The molecule has 0 unspecified atom stereocenters. The van der Waals surface area contributed by atoms with Gasteiger partial charge in [-0.05, 0) is 0 Å². The summed E-state index contributed by atoms with van der Waals surface area (Å²) in [6, 6.07) is 7.76. The molecule has 1 aromatic carbocycles. The molecule has 4 aromatic rings. The molecule has 1 aliphatic rings. The fourth-order valence-electron chi connectivity index (χ4n) is 3.64. The van der Waals surface area contributed by atoms with Gasteiger partial charge < -0.3 is 0 Å². The Morgan fingerprint density at radius 3 is 2.77 bits per heavy atom. The van der Waals surface area contributed by atoms with E-state index in [4.69, 9.17) is 4.98 Å². The van der Waals surface area contributed by atoms with Gasteiger partial charge in [0.2, 0.25) is 0 Å². The Bertz CT molecular complexity index is 1290. The number of aromatic amines is 1. The van der Waals surface area contributed by atoms with E-state index < -0.39 is 0 Å². The van der Waals surface area contributed by atoms with Crippen molar-refractivity contribution in [2.75, 3.05) is 32.2 Å². The summed E-state index contributed by atoms with van der Waals surface area (Å²) in [5.74, 6) is 2.04. The zero-order valence-corrected chi connectivity index (χ0v) is 19.4. The predicted molar refractivity (Wildman–Crippen MR) is 117 cm³/mol. The molecule has 3 aromatic heterocycles. The van der Waals surface area contributed by atoms with Gasteiger partial charge in [0, 0.05) is 7.05 Å². The number of benzene rings is 1. The Balaban J connectivity index is 1.51. The first-order valence-electron chi connectivity index (χ1n) is 9.99. The SMILES string of the molecule is Cc1cnc(N2CC[I-]CC2)nc1Nc1ccc2c(c1)cc(-c1ncn[nH]1)c(=O)n2C. The van der Waals surface area contributed by atoms with Gasteiger partial charge in [-0.25, -0.2) is 4.98 Å². The molecule has 0 aliphatic carbocycles. The number of anilines is 3. The molecule has 4 heterocycles. The zero-order chi connectivity index (χ0) is 21.4. The topological polar surface area (TPSA) is 105 Å². The van der Waals surface area contributed by atoms with E-state index >= 15 is 0 Å². The molecule has 2 N–H and O–H groups in total. The molecule has 1 aliphatic heterocycles. The molecule has 0 saturated carbocycles. The van der Waals surface area contributed by atoms with Gasteiger partial charge in [0.1, 0.15) is 6.33 Å². The maximum atomic E-state index is 12.7. The van der Waals surface area contributed by atoms with E-state index in [-0.39, 0.29) is 5.56 Å². The molecule has 0 spiro atoms. The summed E-state index contributed by atoms with van der Waals surface area (Å²) in [6.07, 6.45) is 3.28. The van der Waals surface area contributed by atoms with Crippen LogP contribution in [0.5, 0.6) is 0 Å². The first-order valence-corrected chi connectivity index (χ1v) is 13.0. The molecule has 0 radical (unpaired) electrons. The van der Waals surface area contributed by atoms with E-state index in [0.29, 0.717) is 32.6 Å². The molecular formula is C21H22IN8O-. The fourth-order valence-corrected chi connectivity index (χ4v) is 6.03. The molecule has 160 valence electrons. The van der Waals surface area contributed by atoms with E-state index in [9.17, 15) is 4.79 Å². The average molecular weight is 529 g/mol. The summed E-state index contributed by atoms with van der Waals surface area (Å²) in [5.41, 5.74) is 3.09. The van der Waals surface area contributed by atoms with Crippen molar-refractivity contribution < 1.29 is 21.2 Å². The summed E-state index contributed by atoms with van der Waals surface area (Å²) >= 11 is 0.354. The number of hydrogen-bond acceptors (Lipinski definition) is 7. The number of nitrogens with one attached hydrogen (secondary N) is 2. The standard InChI is InChI=1S/C21H22IN8O/c1-13-11-23-21(30-7-5-22-6-8-30)27-18(13)26-15-3-4-17-14(9-15)10-16(20(31)29(17)2)19-24-12-25-28-19/h3-4,9-12H,5-8H2,1-2H3,(H,23,26,27)(H,24,25,28)/q-1. The normalized spacial score (nSPS) is 14.5. The number of halogens is 1. The number of hydrogen-bond donors (Lipinski definition) is 2. The van der Waals surface area contributed by atoms with Gasteiger partial charge in [0.25, 0.3) is 5.56 Å². The summed E-state index contributed by atoms with van der Waals surface area (Å²) in [6.45, 7) is 4.09. The molecule has 0 atom stereocenters. The number of aromatic nitrogens is 6. The van der Waals surface area contributed by atoms with Crippen molar-refractivity contribution in [1.29, 1.82) is 0 Å². The fraction of sp³-hybridized carbons (Fsp3) is 0.286. The minimum Gasteiger partial charge on any atom is -0.269 e. The zero-order valence-electron chi connectivity index (χ0n) is 17.3. The molecule has 31 heavy (non-hydrogen) atoms. The van der Waals surface area contributed by atoms with Crippen LogP contribution in [-0.4, -0.2) is 51.7 Å². The summed E-state index contributed by atoms with van der Waals surface area (Å²) in [5, 5.41) is 11.0. The number of nitrogens with zero attached hydrogens (tertiary/aromatic N) is 6. The molecule has 1 fully saturated rings. The van der Waals surface area contributed by atoms with Gasteiger partial charge >= 0.3 is 145 Å². The van der Waals surface area contributed by atoms with Crippen LogP contribution in [0.15, 0.2) is 41.6 Å². The van der Waals surface area contributed by atoms with Crippen LogP contribution >= 0.6 is 0 Å². The van der Waals surface area contributed by atoms with Gasteiger partial charge in [-0.2, -0.15) is 5.10 Å². The molecular weight excluding hydrogens is 507 g/mol. The van der Waals surface area contributed by atoms with Gasteiger partial charge in [-0.3, -0.25) is 9.89 Å². The second-order valence-corrected chi connectivity index (χ2v) is 10.6. The molecule has 1 saturated heterocycles. The van der Waals surface area contributed by atoms with Crippen molar-refractivity contribution in [3.8, 4) is 11.4 Å². The van der Waals surface area contributed by atoms with Gasteiger partial charge in [0.15, 0.2) is 5.82 Å². The van der Waals surface area contributed by atoms with Crippen LogP contribution in [0, 0.1) is 6.92 Å². The Kier molecular flexibility index (Phi) is 5.30. The van der Waals surface area contributed by atoms with Crippen LogP contribution in [0.3, 0.4) is 0 Å². The minimum atomic E-state index is -0.120. The molecule has 9 nitrogen and oxygen atoms in total. The molecule has 10 heteroatoms. The summed E-state index contributed by atoms with van der Waals surface area (Å²) in [7, 11) is 1.76. The molecule has 5 rings (SSSR count). The minimum absolute atomic E-state index is 0.120. The second kappa shape index (κ2) is 8.25. The van der Waals surface area contributed by atoms with E-state index in [1.54, 1.807) is 11.6 Å². The van der Waals surface area contributed by atoms with Gasteiger partial charge in [0.05, 0.1) is 0 Å². The van der Waals surface area contributed by atoms with Crippen molar-refractivity contribution in [2.45, 2.75) is 6.92 Å². The first kappa shape index (κ1) is 19.9. The smallest absolute Gasteiger partial charge is 0.269 e. The van der Waals surface area contributed by atoms with Crippen LogP contribution in [0.25, 0.3) is 22.3 Å². The van der Waals surface area contributed by atoms with Gasteiger partial charge in [-0.15, -0.1) is 0 Å². The van der Waals surface area contributed by atoms with Crippen LogP contribution in [-0.2, 0) is 7.05 Å². The van der Waals surface area contributed by atoms with Crippen molar-refractivity contribution >= 4 is 28.4 Å². The number of pyridine rings is 1.